The number of benzene rings is 2. The van der Waals surface area contributed by atoms with Crippen molar-refractivity contribution in [2.24, 2.45) is 0 Å². The van der Waals surface area contributed by atoms with Crippen molar-refractivity contribution in [1.29, 1.82) is 0 Å². The monoisotopic (exact) mass is 298 g/mol. The van der Waals surface area contributed by atoms with Gasteiger partial charge in [-0.25, -0.2) is 4.79 Å². The maximum Gasteiger partial charge on any atom is 0.343 e. The van der Waals surface area contributed by atoms with Crippen LogP contribution in [0.3, 0.4) is 0 Å². The minimum absolute atomic E-state index is 0.139. The molecule has 4 heteroatoms. The molecule has 2 aromatic carbocycles. The van der Waals surface area contributed by atoms with Crippen LogP contribution in [0.4, 0.5) is 0 Å². The average Bonchev–Trinajstić information content (AvgIpc) is 2.49. The normalized spacial score (nSPS) is 10.2. The molecule has 0 aliphatic heterocycles. The molecule has 0 aliphatic rings. The minimum atomic E-state index is -0.520. The molecule has 0 amide bonds. The maximum atomic E-state index is 12.3. The van der Waals surface area contributed by atoms with Crippen LogP contribution in [-0.4, -0.2) is 18.9 Å². The van der Waals surface area contributed by atoms with Crippen LogP contribution < -0.4 is 9.47 Å². The maximum absolute atomic E-state index is 12.3. The third-order valence-corrected chi connectivity index (χ3v) is 3.30. The van der Waals surface area contributed by atoms with E-state index in [1.807, 2.05) is 19.9 Å². The molecule has 2 aromatic rings. The summed E-state index contributed by atoms with van der Waals surface area (Å²) >= 11 is 0. The fourth-order valence-corrected chi connectivity index (χ4v) is 2.25. The second kappa shape index (κ2) is 6.43. The van der Waals surface area contributed by atoms with Crippen LogP contribution in [-0.2, 0) is 0 Å². The van der Waals surface area contributed by atoms with Crippen LogP contribution in [0.5, 0.6) is 11.5 Å². The highest BCUT2D eigenvalue weighted by molar-refractivity contribution is 5.99. The Morgan fingerprint density at radius 2 is 1.77 bits per heavy atom. The number of rotatable bonds is 4. The van der Waals surface area contributed by atoms with Gasteiger partial charge in [0.2, 0.25) is 0 Å². The molecule has 0 spiro atoms. The zero-order chi connectivity index (χ0) is 16.3. The van der Waals surface area contributed by atoms with Gasteiger partial charge in [-0.3, -0.25) is 4.79 Å². The molecule has 0 unspecified atom stereocenters. The van der Waals surface area contributed by atoms with E-state index in [9.17, 15) is 9.59 Å². The number of aryl methyl sites for hydroxylation is 2. The molecule has 2 rings (SSSR count). The smallest absolute Gasteiger partial charge is 0.343 e. The third kappa shape index (κ3) is 3.34. The van der Waals surface area contributed by atoms with Gasteiger partial charge < -0.3 is 9.47 Å². The molecule has 0 atom stereocenters. The molecular weight excluding hydrogens is 280 g/mol. The summed E-state index contributed by atoms with van der Waals surface area (Å²) in [7, 11) is 1.53. The van der Waals surface area contributed by atoms with E-state index in [1.54, 1.807) is 30.3 Å². The lowest BCUT2D eigenvalue weighted by Crippen LogP contribution is -2.12. The molecule has 22 heavy (non-hydrogen) atoms. The molecule has 0 saturated carbocycles. The summed E-state index contributed by atoms with van der Waals surface area (Å²) in [6.07, 6.45) is 0. The largest absolute Gasteiger partial charge is 0.497 e. The summed E-state index contributed by atoms with van der Waals surface area (Å²) < 4.78 is 10.6. The van der Waals surface area contributed by atoms with E-state index in [-0.39, 0.29) is 5.78 Å². The fraction of sp³-hybridized carbons (Fsp3) is 0.222. The molecule has 0 saturated heterocycles. The lowest BCUT2D eigenvalue weighted by Gasteiger charge is -2.12. The lowest BCUT2D eigenvalue weighted by atomic mass is 10.0. The number of hydrogen-bond donors (Lipinski definition) is 0. The predicted molar refractivity (Wildman–Crippen MR) is 83.9 cm³/mol. The van der Waals surface area contributed by atoms with E-state index in [1.165, 1.54) is 14.0 Å². The predicted octanol–water partition coefficient (Wildman–Crippen LogP) is 3.73. The molecule has 0 radical (unpaired) electrons. The summed E-state index contributed by atoms with van der Waals surface area (Å²) in [4.78, 5) is 24.1. The van der Waals surface area contributed by atoms with Gasteiger partial charge in [0.15, 0.2) is 5.78 Å². The van der Waals surface area contributed by atoms with Gasteiger partial charge in [0, 0.05) is 0 Å². The highest BCUT2D eigenvalue weighted by Crippen LogP contribution is 2.27. The number of esters is 1. The van der Waals surface area contributed by atoms with Crippen LogP contribution in [0.1, 0.15) is 38.8 Å². The Hall–Kier alpha value is -2.62. The molecule has 0 N–H and O–H groups in total. The number of carbonyl (C=O) groups excluding carboxylic acids is 2. The van der Waals surface area contributed by atoms with Crippen molar-refractivity contribution in [3.8, 4) is 11.5 Å². The van der Waals surface area contributed by atoms with Crippen LogP contribution in [0, 0.1) is 13.8 Å². The zero-order valence-electron chi connectivity index (χ0n) is 13.1. The summed E-state index contributed by atoms with van der Waals surface area (Å²) in [6, 6.07) is 10.3. The van der Waals surface area contributed by atoms with Crippen molar-refractivity contribution < 1.29 is 19.1 Å². The Bertz CT molecular complexity index is 732. The Morgan fingerprint density at radius 3 is 2.41 bits per heavy atom. The number of carbonyl (C=O) groups is 2. The van der Waals surface area contributed by atoms with Crippen molar-refractivity contribution in [1.82, 2.24) is 0 Å². The molecule has 0 aliphatic carbocycles. The molecule has 0 heterocycles. The fourth-order valence-electron chi connectivity index (χ4n) is 2.25. The Morgan fingerprint density at radius 1 is 1.05 bits per heavy atom. The quantitative estimate of drug-likeness (QED) is 0.490. The summed E-state index contributed by atoms with van der Waals surface area (Å²) in [6.45, 7) is 5.16. The molecule has 4 nitrogen and oxygen atoms in total. The van der Waals surface area contributed by atoms with Gasteiger partial charge in [-0.05, 0) is 56.2 Å². The van der Waals surface area contributed by atoms with E-state index >= 15 is 0 Å². The van der Waals surface area contributed by atoms with Crippen LogP contribution in [0.2, 0.25) is 0 Å². The molecule has 114 valence electrons. The van der Waals surface area contributed by atoms with Gasteiger partial charge >= 0.3 is 5.97 Å². The average molecular weight is 298 g/mol. The Balaban J connectivity index is 2.37. The van der Waals surface area contributed by atoms with Crippen LogP contribution >= 0.6 is 0 Å². The van der Waals surface area contributed by atoms with E-state index in [0.29, 0.717) is 22.6 Å². The summed E-state index contributed by atoms with van der Waals surface area (Å²) in [5.74, 6) is 0.224. The number of ketones is 1. The van der Waals surface area contributed by atoms with E-state index in [2.05, 4.69) is 0 Å². The standard InChI is InChI=1S/C18H18O4/c1-11-8-12(2)17(16(9-11)13(3)19)22-18(20)14-6-5-7-15(10-14)21-4/h5-10H,1-4H3. The van der Waals surface area contributed by atoms with Crippen LogP contribution in [0.15, 0.2) is 36.4 Å². The van der Waals surface area contributed by atoms with E-state index in [0.717, 1.165) is 11.1 Å². The minimum Gasteiger partial charge on any atom is -0.497 e. The highest BCUT2D eigenvalue weighted by Gasteiger charge is 2.17. The SMILES string of the molecule is COc1cccc(C(=O)Oc2c(C)cc(C)cc2C(C)=O)c1. The van der Waals surface area contributed by atoms with Crippen molar-refractivity contribution in [2.75, 3.05) is 7.11 Å². The Labute approximate surface area is 129 Å². The van der Waals surface area contributed by atoms with Gasteiger partial charge in [-0.15, -0.1) is 0 Å². The van der Waals surface area contributed by atoms with Crippen molar-refractivity contribution in [3.63, 3.8) is 0 Å². The third-order valence-electron chi connectivity index (χ3n) is 3.30. The lowest BCUT2D eigenvalue weighted by molar-refractivity contribution is 0.0731. The van der Waals surface area contributed by atoms with Crippen molar-refractivity contribution in [3.05, 3.63) is 58.7 Å². The van der Waals surface area contributed by atoms with Crippen molar-refractivity contribution in [2.45, 2.75) is 20.8 Å². The topological polar surface area (TPSA) is 52.6 Å². The molecule has 0 fully saturated rings. The second-order valence-electron chi connectivity index (χ2n) is 5.14. The molecule has 0 aromatic heterocycles. The van der Waals surface area contributed by atoms with Gasteiger partial charge in [-0.2, -0.15) is 0 Å². The second-order valence-corrected chi connectivity index (χ2v) is 5.14. The van der Waals surface area contributed by atoms with Gasteiger partial charge in [0.1, 0.15) is 11.5 Å². The Kier molecular flexibility index (Phi) is 4.61. The summed E-state index contributed by atoms with van der Waals surface area (Å²) in [5, 5.41) is 0. The van der Waals surface area contributed by atoms with E-state index in [4.69, 9.17) is 9.47 Å². The van der Waals surface area contributed by atoms with Gasteiger partial charge in [-0.1, -0.05) is 12.1 Å². The zero-order valence-corrected chi connectivity index (χ0v) is 13.1. The number of Topliss-reactive ketones (excluding diaryl/α,β-unsaturated/α-hetero) is 1. The number of hydrogen-bond acceptors (Lipinski definition) is 4. The number of ether oxygens (including phenoxy) is 2. The van der Waals surface area contributed by atoms with Gasteiger partial charge in [0.25, 0.3) is 0 Å². The molecular formula is C18H18O4. The summed E-state index contributed by atoms with van der Waals surface area (Å²) in [5.41, 5.74) is 2.48. The van der Waals surface area contributed by atoms with Crippen LogP contribution in [0.25, 0.3) is 0 Å². The molecule has 0 bridgehead atoms. The first-order valence-electron chi connectivity index (χ1n) is 6.90. The highest BCUT2D eigenvalue weighted by atomic mass is 16.5. The van der Waals surface area contributed by atoms with Crippen molar-refractivity contribution >= 4 is 11.8 Å². The first kappa shape index (κ1) is 15.8. The number of methoxy groups -OCH3 is 1. The first-order chi connectivity index (χ1) is 10.4. The first-order valence-corrected chi connectivity index (χ1v) is 6.90. The van der Waals surface area contributed by atoms with Gasteiger partial charge in [0.05, 0.1) is 18.2 Å². The van der Waals surface area contributed by atoms with E-state index < -0.39 is 5.97 Å².